The van der Waals surface area contributed by atoms with Gasteiger partial charge in [0.15, 0.2) is 0 Å². The third kappa shape index (κ3) is 1.28. The number of hydrogen-bond donors (Lipinski definition) is 0. The van der Waals surface area contributed by atoms with Crippen molar-refractivity contribution in [1.82, 2.24) is 4.90 Å². The van der Waals surface area contributed by atoms with E-state index >= 15 is 0 Å². The largest absolute Gasteiger partial charge is 0.303 e. The maximum atomic E-state index is 2.56. The zero-order valence-corrected chi connectivity index (χ0v) is 8.85. The molecular weight excluding hydrogens is 146 g/mol. The molecule has 0 amide bonds. The molecular formula is C11H21N. The summed E-state index contributed by atoms with van der Waals surface area (Å²) >= 11 is 0. The molecule has 2 rings (SSSR count). The lowest BCUT2D eigenvalue weighted by Crippen LogP contribution is -2.33. The molecule has 0 aromatic rings. The maximum Gasteiger partial charge on any atom is 0.0103 e. The summed E-state index contributed by atoms with van der Waals surface area (Å²) in [6.07, 6.45) is 4.26. The third-order valence-corrected chi connectivity index (χ3v) is 3.68. The molecule has 1 unspecified atom stereocenters. The Morgan fingerprint density at radius 1 is 1.17 bits per heavy atom. The van der Waals surface area contributed by atoms with Crippen molar-refractivity contribution in [1.29, 1.82) is 0 Å². The van der Waals surface area contributed by atoms with Crippen LogP contribution in [0, 0.1) is 10.8 Å². The van der Waals surface area contributed by atoms with Crippen molar-refractivity contribution in [2.45, 2.75) is 46.1 Å². The van der Waals surface area contributed by atoms with Gasteiger partial charge in [-0.2, -0.15) is 0 Å². The predicted molar refractivity (Wildman–Crippen MR) is 52.2 cm³/mol. The first-order valence-corrected chi connectivity index (χ1v) is 5.11. The van der Waals surface area contributed by atoms with E-state index in [0.29, 0.717) is 10.8 Å². The summed E-state index contributed by atoms with van der Waals surface area (Å²) in [4.78, 5) is 2.56. The van der Waals surface area contributed by atoms with E-state index in [2.05, 4.69) is 32.7 Å². The minimum Gasteiger partial charge on any atom is -0.303 e. The summed E-state index contributed by atoms with van der Waals surface area (Å²) in [6, 6.07) is 0.874. The molecule has 2 aliphatic rings. The second-order valence-corrected chi connectivity index (χ2v) is 6.13. The molecule has 2 atom stereocenters. The fraction of sp³-hybridized carbons (Fsp3) is 1.00. The number of nitrogens with zero attached hydrogens (tertiary/aromatic N) is 1. The lowest BCUT2D eigenvalue weighted by Gasteiger charge is -2.39. The van der Waals surface area contributed by atoms with Gasteiger partial charge in [0.1, 0.15) is 0 Å². The first-order valence-electron chi connectivity index (χ1n) is 5.11. The summed E-state index contributed by atoms with van der Waals surface area (Å²) in [5, 5.41) is 0. The summed E-state index contributed by atoms with van der Waals surface area (Å²) in [5.41, 5.74) is 1.21. The van der Waals surface area contributed by atoms with E-state index in [-0.39, 0.29) is 0 Å². The summed E-state index contributed by atoms with van der Waals surface area (Å²) in [7, 11) is 2.29. The molecule has 12 heavy (non-hydrogen) atoms. The van der Waals surface area contributed by atoms with E-state index in [1.165, 1.54) is 25.8 Å². The van der Waals surface area contributed by atoms with E-state index < -0.39 is 0 Å². The Bertz CT molecular complexity index is 193. The minimum atomic E-state index is 0.586. The Morgan fingerprint density at radius 2 is 1.83 bits per heavy atom. The number of likely N-dealkylation sites (tertiary alicyclic amines) is 1. The van der Waals surface area contributed by atoms with Crippen molar-refractivity contribution in [3.05, 3.63) is 0 Å². The van der Waals surface area contributed by atoms with Crippen LogP contribution >= 0.6 is 0 Å². The standard InChI is InChI=1S/C11H21N/c1-10(2)5-9-6-11(3,7-10)8-12(9)4/h9H,5-8H2,1-4H3/t9?,11-/m0/s1. The zero-order valence-electron chi connectivity index (χ0n) is 8.85. The van der Waals surface area contributed by atoms with Crippen LogP contribution in [-0.4, -0.2) is 24.5 Å². The van der Waals surface area contributed by atoms with Gasteiger partial charge in [0.25, 0.3) is 0 Å². The van der Waals surface area contributed by atoms with Gasteiger partial charge in [0.2, 0.25) is 0 Å². The molecule has 2 fully saturated rings. The molecule has 70 valence electrons. The molecule has 0 aromatic heterocycles. The highest BCUT2D eigenvalue weighted by Crippen LogP contribution is 2.51. The van der Waals surface area contributed by atoms with Crippen molar-refractivity contribution in [2.24, 2.45) is 10.8 Å². The van der Waals surface area contributed by atoms with Gasteiger partial charge in [-0.3, -0.25) is 0 Å². The Kier molecular flexibility index (Phi) is 1.61. The summed E-state index contributed by atoms with van der Waals surface area (Å²) < 4.78 is 0. The maximum absolute atomic E-state index is 2.56. The molecule has 0 N–H and O–H groups in total. The predicted octanol–water partition coefficient (Wildman–Crippen LogP) is 2.52. The number of fused-ring (bicyclic) bond motifs is 2. The van der Waals surface area contributed by atoms with Gasteiger partial charge in [-0.15, -0.1) is 0 Å². The molecule has 1 heterocycles. The van der Waals surface area contributed by atoms with E-state index in [1.807, 2.05) is 0 Å². The first-order chi connectivity index (χ1) is 5.40. The van der Waals surface area contributed by atoms with Crippen LogP contribution in [0.25, 0.3) is 0 Å². The Morgan fingerprint density at radius 3 is 2.42 bits per heavy atom. The second kappa shape index (κ2) is 2.25. The minimum absolute atomic E-state index is 0.586. The molecule has 0 aromatic carbocycles. The molecule has 1 nitrogen and oxygen atoms in total. The van der Waals surface area contributed by atoms with Crippen LogP contribution in [0.3, 0.4) is 0 Å². The van der Waals surface area contributed by atoms with Gasteiger partial charge in [-0.05, 0) is 37.1 Å². The lowest BCUT2D eigenvalue weighted by molar-refractivity contribution is 0.130. The van der Waals surface area contributed by atoms with Crippen molar-refractivity contribution in [3.63, 3.8) is 0 Å². The van der Waals surface area contributed by atoms with Crippen molar-refractivity contribution in [3.8, 4) is 0 Å². The summed E-state index contributed by atoms with van der Waals surface area (Å²) in [5.74, 6) is 0. The molecule has 1 saturated carbocycles. The molecule has 1 saturated heterocycles. The van der Waals surface area contributed by atoms with Crippen LogP contribution in [0.15, 0.2) is 0 Å². The third-order valence-electron chi connectivity index (χ3n) is 3.68. The lowest BCUT2D eigenvalue weighted by atomic mass is 9.65. The van der Waals surface area contributed by atoms with Crippen molar-refractivity contribution >= 4 is 0 Å². The molecule has 1 aliphatic carbocycles. The highest BCUT2D eigenvalue weighted by atomic mass is 15.2. The van der Waals surface area contributed by atoms with Crippen LogP contribution in [0.2, 0.25) is 0 Å². The van der Waals surface area contributed by atoms with Crippen molar-refractivity contribution in [2.75, 3.05) is 13.6 Å². The van der Waals surface area contributed by atoms with Crippen LogP contribution < -0.4 is 0 Å². The number of hydrogen-bond acceptors (Lipinski definition) is 1. The highest BCUT2D eigenvalue weighted by molar-refractivity contribution is 5.01. The second-order valence-electron chi connectivity index (χ2n) is 6.13. The molecule has 2 bridgehead atoms. The normalized spacial score (nSPS) is 46.5. The van der Waals surface area contributed by atoms with Crippen LogP contribution in [0.1, 0.15) is 40.0 Å². The molecule has 1 aliphatic heterocycles. The van der Waals surface area contributed by atoms with E-state index in [0.717, 1.165) is 6.04 Å². The van der Waals surface area contributed by atoms with Gasteiger partial charge < -0.3 is 4.90 Å². The average Bonchev–Trinajstić information content (AvgIpc) is 1.99. The highest BCUT2D eigenvalue weighted by Gasteiger charge is 2.48. The average molecular weight is 167 g/mol. The van der Waals surface area contributed by atoms with Crippen LogP contribution in [0.4, 0.5) is 0 Å². The summed E-state index contributed by atoms with van der Waals surface area (Å²) in [6.45, 7) is 8.64. The molecule has 0 radical (unpaired) electrons. The van der Waals surface area contributed by atoms with Gasteiger partial charge in [0, 0.05) is 12.6 Å². The van der Waals surface area contributed by atoms with Crippen LogP contribution in [-0.2, 0) is 0 Å². The monoisotopic (exact) mass is 167 g/mol. The Hall–Kier alpha value is -0.0400. The number of rotatable bonds is 0. The van der Waals surface area contributed by atoms with Gasteiger partial charge in [-0.25, -0.2) is 0 Å². The Labute approximate surface area is 76.1 Å². The van der Waals surface area contributed by atoms with E-state index in [1.54, 1.807) is 0 Å². The quantitative estimate of drug-likeness (QED) is 0.536. The van der Waals surface area contributed by atoms with E-state index in [9.17, 15) is 0 Å². The molecule has 0 spiro atoms. The van der Waals surface area contributed by atoms with Crippen molar-refractivity contribution < 1.29 is 0 Å². The smallest absolute Gasteiger partial charge is 0.0103 e. The SMILES string of the molecule is CN1C[C@@]2(C)CC1CC(C)(C)C2. The topological polar surface area (TPSA) is 3.24 Å². The van der Waals surface area contributed by atoms with Gasteiger partial charge in [-0.1, -0.05) is 20.8 Å². The van der Waals surface area contributed by atoms with Gasteiger partial charge >= 0.3 is 0 Å². The van der Waals surface area contributed by atoms with Gasteiger partial charge in [0.05, 0.1) is 0 Å². The molecule has 1 heteroatoms. The zero-order chi connectivity index (χ0) is 8.98. The fourth-order valence-electron chi connectivity index (χ4n) is 3.74. The van der Waals surface area contributed by atoms with E-state index in [4.69, 9.17) is 0 Å². The first kappa shape index (κ1) is 8.55. The Balaban J connectivity index is 2.22. The fourth-order valence-corrected chi connectivity index (χ4v) is 3.74. The van der Waals surface area contributed by atoms with Crippen LogP contribution in [0.5, 0.6) is 0 Å².